The van der Waals surface area contributed by atoms with Gasteiger partial charge in [0.05, 0.1) is 27.4 Å². The highest BCUT2D eigenvalue weighted by molar-refractivity contribution is 14.0. The van der Waals surface area contributed by atoms with Crippen molar-refractivity contribution in [3.63, 3.8) is 0 Å². The second-order valence-corrected chi connectivity index (χ2v) is 5.59. The Bertz CT molecular complexity index is 513. The average molecular weight is 479 g/mol. The zero-order valence-corrected chi connectivity index (χ0v) is 18.8. The lowest BCUT2D eigenvalue weighted by Crippen LogP contribution is -2.38. The second kappa shape index (κ2) is 16.0. The van der Waals surface area contributed by atoms with Crippen LogP contribution in [0, 0.1) is 0 Å². The van der Waals surface area contributed by atoms with Crippen molar-refractivity contribution in [2.75, 3.05) is 47.1 Å². The van der Waals surface area contributed by atoms with Gasteiger partial charge in [-0.15, -0.1) is 24.0 Å². The molecule has 0 aromatic heterocycles. The predicted molar refractivity (Wildman–Crippen MR) is 118 cm³/mol. The van der Waals surface area contributed by atoms with E-state index >= 15 is 0 Å². The first-order valence-corrected chi connectivity index (χ1v) is 9.05. The summed E-state index contributed by atoms with van der Waals surface area (Å²) in [5.41, 5.74) is 1.18. The van der Waals surface area contributed by atoms with Crippen molar-refractivity contribution in [1.29, 1.82) is 0 Å². The summed E-state index contributed by atoms with van der Waals surface area (Å²) in [4.78, 5) is 4.53. The third-order valence-electron chi connectivity index (χ3n) is 3.65. The summed E-state index contributed by atoms with van der Waals surface area (Å²) in [6.07, 6.45) is 3.13. The molecular formula is C19H34IN3O3. The van der Waals surface area contributed by atoms with Crippen LogP contribution in [0.25, 0.3) is 0 Å². The summed E-state index contributed by atoms with van der Waals surface area (Å²) in [6, 6.07) is 5.99. The Balaban J connectivity index is 0.00000625. The summed E-state index contributed by atoms with van der Waals surface area (Å²) in [5.74, 6) is 2.32. The number of aliphatic imine (C=N–C) groups is 1. The number of rotatable bonds is 12. The van der Waals surface area contributed by atoms with Crippen molar-refractivity contribution in [3.05, 3.63) is 23.8 Å². The van der Waals surface area contributed by atoms with Crippen LogP contribution in [0.2, 0.25) is 0 Å². The van der Waals surface area contributed by atoms with Gasteiger partial charge in [0.25, 0.3) is 0 Å². The fourth-order valence-electron chi connectivity index (χ4n) is 2.27. The first kappa shape index (κ1) is 24.8. The van der Waals surface area contributed by atoms with E-state index < -0.39 is 0 Å². The number of hydrogen-bond donors (Lipinski definition) is 2. The van der Waals surface area contributed by atoms with E-state index in [2.05, 4.69) is 35.5 Å². The topological polar surface area (TPSA) is 64.1 Å². The van der Waals surface area contributed by atoms with E-state index in [1.54, 1.807) is 14.2 Å². The van der Waals surface area contributed by atoms with E-state index in [4.69, 9.17) is 14.2 Å². The van der Waals surface area contributed by atoms with Gasteiger partial charge in [-0.1, -0.05) is 19.4 Å². The smallest absolute Gasteiger partial charge is 0.191 e. The summed E-state index contributed by atoms with van der Waals surface area (Å²) in [6.45, 7) is 7.98. The quantitative estimate of drug-likeness (QED) is 0.209. The number of ether oxygens (including phenoxy) is 3. The molecule has 1 rings (SSSR count). The van der Waals surface area contributed by atoms with E-state index in [1.165, 1.54) is 5.56 Å². The Morgan fingerprint density at radius 1 is 1.04 bits per heavy atom. The van der Waals surface area contributed by atoms with E-state index in [9.17, 15) is 0 Å². The van der Waals surface area contributed by atoms with Gasteiger partial charge in [-0.2, -0.15) is 0 Å². The van der Waals surface area contributed by atoms with Crippen molar-refractivity contribution in [2.24, 2.45) is 4.99 Å². The van der Waals surface area contributed by atoms with Gasteiger partial charge in [-0.05, 0) is 37.5 Å². The van der Waals surface area contributed by atoms with E-state index in [0.717, 1.165) is 56.4 Å². The van der Waals surface area contributed by atoms with Crippen LogP contribution in [-0.4, -0.2) is 53.0 Å². The number of benzene rings is 1. The van der Waals surface area contributed by atoms with E-state index in [-0.39, 0.29) is 24.0 Å². The molecule has 0 saturated carbocycles. The fraction of sp³-hybridized carbons (Fsp3) is 0.632. The molecule has 0 spiro atoms. The van der Waals surface area contributed by atoms with Crippen LogP contribution in [0.4, 0.5) is 0 Å². The zero-order chi connectivity index (χ0) is 18.3. The molecule has 0 bridgehead atoms. The minimum absolute atomic E-state index is 0. The highest BCUT2D eigenvalue weighted by Crippen LogP contribution is 2.27. The van der Waals surface area contributed by atoms with Crippen LogP contribution in [0.1, 0.15) is 32.3 Å². The summed E-state index contributed by atoms with van der Waals surface area (Å²) < 4.78 is 16.1. The minimum atomic E-state index is 0. The van der Waals surface area contributed by atoms with Gasteiger partial charge in [-0.3, -0.25) is 4.99 Å². The van der Waals surface area contributed by atoms with Crippen LogP contribution < -0.4 is 20.1 Å². The number of unbranched alkanes of at least 4 members (excludes halogenated alkanes) is 1. The highest BCUT2D eigenvalue weighted by Gasteiger charge is 2.05. The molecule has 0 aliphatic heterocycles. The lowest BCUT2D eigenvalue weighted by Gasteiger charge is -2.12. The first-order valence-electron chi connectivity index (χ1n) is 9.05. The summed E-state index contributed by atoms with van der Waals surface area (Å²) in [7, 11) is 3.29. The molecule has 1 aromatic rings. The van der Waals surface area contributed by atoms with Crippen molar-refractivity contribution in [2.45, 2.75) is 33.1 Å². The maximum absolute atomic E-state index is 5.54. The summed E-state index contributed by atoms with van der Waals surface area (Å²) in [5, 5.41) is 6.60. The third kappa shape index (κ3) is 10.1. The molecule has 0 heterocycles. The maximum atomic E-state index is 5.54. The standard InChI is InChI=1S/C19H33N3O3.HI/c1-5-7-13-25-14-12-22-19(20-6-2)21-11-10-16-8-9-17(23-3)18(15-16)24-4;/h8-9,15H,5-7,10-14H2,1-4H3,(H2,20,21,22);1H. The van der Waals surface area contributed by atoms with Crippen LogP contribution in [-0.2, 0) is 11.2 Å². The highest BCUT2D eigenvalue weighted by atomic mass is 127. The molecule has 0 aliphatic carbocycles. The zero-order valence-electron chi connectivity index (χ0n) is 16.5. The first-order chi connectivity index (χ1) is 12.2. The normalized spacial score (nSPS) is 10.8. The van der Waals surface area contributed by atoms with Gasteiger partial charge in [0.15, 0.2) is 17.5 Å². The SMILES string of the molecule is CCCCOCCN=C(NCC)NCCc1ccc(OC)c(OC)c1.I. The van der Waals surface area contributed by atoms with Crippen LogP contribution in [0.5, 0.6) is 11.5 Å². The molecule has 7 heteroatoms. The molecule has 0 unspecified atom stereocenters. The molecular weight excluding hydrogens is 445 g/mol. The Morgan fingerprint density at radius 3 is 2.46 bits per heavy atom. The minimum Gasteiger partial charge on any atom is -0.493 e. The number of methoxy groups -OCH3 is 2. The second-order valence-electron chi connectivity index (χ2n) is 5.59. The number of nitrogens with one attached hydrogen (secondary N) is 2. The third-order valence-corrected chi connectivity index (χ3v) is 3.65. The number of hydrogen-bond acceptors (Lipinski definition) is 4. The van der Waals surface area contributed by atoms with Crippen molar-refractivity contribution in [3.8, 4) is 11.5 Å². The molecule has 26 heavy (non-hydrogen) atoms. The monoisotopic (exact) mass is 479 g/mol. The van der Waals surface area contributed by atoms with Crippen LogP contribution >= 0.6 is 24.0 Å². The fourth-order valence-corrected chi connectivity index (χ4v) is 2.27. The maximum Gasteiger partial charge on any atom is 0.191 e. The number of guanidine groups is 1. The molecule has 0 fully saturated rings. The molecule has 0 aliphatic rings. The number of nitrogens with zero attached hydrogens (tertiary/aromatic N) is 1. The molecule has 6 nitrogen and oxygen atoms in total. The Hall–Kier alpha value is -1.22. The molecule has 2 N–H and O–H groups in total. The van der Waals surface area contributed by atoms with E-state index in [1.807, 2.05) is 12.1 Å². The molecule has 0 amide bonds. The van der Waals surface area contributed by atoms with Gasteiger partial charge in [0.1, 0.15) is 0 Å². The molecule has 0 saturated heterocycles. The van der Waals surface area contributed by atoms with Crippen molar-refractivity contribution >= 4 is 29.9 Å². The lowest BCUT2D eigenvalue weighted by molar-refractivity contribution is 0.139. The molecule has 1 aromatic carbocycles. The van der Waals surface area contributed by atoms with Crippen LogP contribution in [0.15, 0.2) is 23.2 Å². The predicted octanol–water partition coefficient (Wildman–Crippen LogP) is 3.24. The largest absolute Gasteiger partial charge is 0.493 e. The number of halogens is 1. The Kier molecular flexibility index (Phi) is 15.2. The molecule has 150 valence electrons. The van der Waals surface area contributed by atoms with Gasteiger partial charge < -0.3 is 24.8 Å². The lowest BCUT2D eigenvalue weighted by atomic mass is 10.1. The molecule has 0 radical (unpaired) electrons. The molecule has 0 atom stereocenters. The van der Waals surface area contributed by atoms with E-state index in [0.29, 0.717) is 13.2 Å². The van der Waals surface area contributed by atoms with Crippen molar-refractivity contribution < 1.29 is 14.2 Å². The van der Waals surface area contributed by atoms with Gasteiger partial charge in [-0.25, -0.2) is 0 Å². The summed E-state index contributed by atoms with van der Waals surface area (Å²) >= 11 is 0. The van der Waals surface area contributed by atoms with Gasteiger partial charge in [0, 0.05) is 19.7 Å². The average Bonchev–Trinajstić information content (AvgIpc) is 2.64. The van der Waals surface area contributed by atoms with Crippen molar-refractivity contribution in [1.82, 2.24) is 10.6 Å². The van der Waals surface area contributed by atoms with Gasteiger partial charge >= 0.3 is 0 Å². The van der Waals surface area contributed by atoms with Crippen LogP contribution in [0.3, 0.4) is 0 Å². The Morgan fingerprint density at radius 2 is 1.81 bits per heavy atom. The Labute approximate surface area is 175 Å². The van der Waals surface area contributed by atoms with Gasteiger partial charge in [0.2, 0.25) is 0 Å².